The molecule has 0 saturated carbocycles. The Morgan fingerprint density at radius 3 is 2.75 bits per heavy atom. The van der Waals surface area contributed by atoms with E-state index >= 15 is 0 Å². The molecular weight excluding hydrogens is 358 g/mol. The van der Waals surface area contributed by atoms with E-state index in [1.807, 2.05) is 35.2 Å². The summed E-state index contributed by atoms with van der Waals surface area (Å²) in [6.45, 7) is 3.73. The molecule has 0 radical (unpaired) electrons. The van der Waals surface area contributed by atoms with E-state index in [0.29, 0.717) is 32.7 Å². The van der Waals surface area contributed by atoms with E-state index in [9.17, 15) is 14.9 Å². The average Bonchev–Trinajstić information content (AvgIpc) is 2.72. The van der Waals surface area contributed by atoms with E-state index in [-0.39, 0.29) is 17.5 Å². The number of hydrogen-bond donors (Lipinski definition) is 1. The molecule has 1 unspecified atom stereocenters. The zero-order valence-electron chi connectivity index (χ0n) is 16.4. The number of hydrogen-bond acceptors (Lipinski definition) is 6. The molecule has 2 rings (SSSR count). The summed E-state index contributed by atoms with van der Waals surface area (Å²) in [5.41, 5.74) is 1.11. The Kier molecular flexibility index (Phi) is 8.35. The number of nitrogens with one attached hydrogen (secondary N) is 1. The smallest absolute Gasteiger partial charge is 0.310 e. The number of methoxy groups -OCH3 is 1. The molecule has 1 N–H and O–H groups in total. The summed E-state index contributed by atoms with van der Waals surface area (Å²) in [6, 6.07) is 9.57. The fraction of sp³-hybridized carbons (Fsp3) is 0.476. The fourth-order valence-corrected chi connectivity index (χ4v) is 3.10. The van der Waals surface area contributed by atoms with Gasteiger partial charge < -0.3 is 19.7 Å². The normalized spacial score (nSPS) is 16.8. The molecular formula is C21H27N3O4. The van der Waals surface area contributed by atoms with Crippen molar-refractivity contribution in [3.05, 3.63) is 41.6 Å². The van der Waals surface area contributed by atoms with E-state index in [1.54, 1.807) is 20.2 Å². The number of rotatable bonds is 8. The molecule has 1 aliphatic heterocycles. The van der Waals surface area contributed by atoms with Crippen molar-refractivity contribution in [1.29, 1.82) is 5.26 Å². The molecule has 1 fully saturated rings. The van der Waals surface area contributed by atoms with E-state index in [2.05, 4.69) is 5.32 Å². The molecule has 0 spiro atoms. The Morgan fingerprint density at radius 1 is 1.36 bits per heavy atom. The van der Waals surface area contributed by atoms with Crippen LogP contribution in [-0.2, 0) is 20.7 Å². The van der Waals surface area contributed by atoms with Crippen molar-refractivity contribution >= 4 is 11.9 Å². The number of carbonyl (C=O) groups is 2. The number of carbonyl (C=O) groups excluding carboxylic acids is 2. The van der Waals surface area contributed by atoms with Crippen molar-refractivity contribution in [2.75, 3.05) is 33.4 Å². The molecule has 0 aliphatic carbocycles. The second-order valence-electron chi connectivity index (χ2n) is 6.59. The Hall–Kier alpha value is -3.01. The largest absolute Gasteiger partial charge is 0.497 e. The first-order valence-electron chi connectivity index (χ1n) is 9.51. The zero-order valence-corrected chi connectivity index (χ0v) is 16.4. The lowest BCUT2D eigenvalue weighted by Gasteiger charge is -2.30. The molecule has 1 atom stereocenters. The molecule has 7 heteroatoms. The standard InChI is InChI=1S/C21H27N3O4/c1-3-28-21(26)17-5-4-12-24(14-17)15-18(13-22)20(25)23-11-10-16-6-8-19(27-2)9-7-16/h6-9,15,17H,3-5,10-12,14H2,1-2H3,(H,23,25)/b18-15-. The van der Waals surface area contributed by atoms with Crippen LogP contribution in [0.15, 0.2) is 36.0 Å². The number of likely N-dealkylation sites (tertiary alicyclic amines) is 1. The fourth-order valence-electron chi connectivity index (χ4n) is 3.10. The highest BCUT2D eigenvalue weighted by Gasteiger charge is 2.26. The number of ether oxygens (including phenoxy) is 2. The van der Waals surface area contributed by atoms with Crippen LogP contribution < -0.4 is 10.1 Å². The highest BCUT2D eigenvalue weighted by molar-refractivity contribution is 5.97. The molecule has 1 aromatic carbocycles. The van der Waals surface area contributed by atoms with Crippen molar-refractivity contribution in [2.45, 2.75) is 26.2 Å². The number of piperidine rings is 1. The van der Waals surface area contributed by atoms with Gasteiger partial charge in [0.15, 0.2) is 0 Å². The molecule has 28 heavy (non-hydrogen) atoms. The molecule has 0 aromatic heterocycles. The van der Waals surface area contributed by atoms with Crippen molar-refractivity contribution in [3.63, 3.8) is 0 Å². The molecule has 1 heterocycles. The van der Waals surface area contributed by atoms with Crippen LogP contribution in [-0.4, -0.2) is 50.1 Å². The number of nitrogens with zero attached hydrogens (tertiary/aromatic N) is 2. The van der Waals surface area contributed by atoms with Gasteiger partial charge in [-0.25, -0.2) is 0 Å². The summed E-state index contributed by atoms with van der Waals surface area (Å²) in [5.74, 6) is -0.0644. The second-order valence-corrected chi connectivity index (χ2v) is 6.59. The van der Waals surface area contributed by atoms with Gasteiger partial charge in [-0.1, -0.05) is 12.1 Å². The van der Waals surface area contributed by atoms with E-state index in [0.717, 1.165) is 24.2 Å². The molecule has 150 valence electrons. The van der Waals surface area contributed by atoms with Gasteiger partial charge in [0.05, 0.1) is 19.6 Å². The van der Waals surface area contributed by atoms with Crippen LogP contribution in [0.25, 0.3) is 0 Å². The third kappa shape index (κ3) is 6.31. The Labute approximate surface area is 165 Å². The van der Waals surface area contributed by atoms with Crippen molar-refractivity contribution in [3.8, 4) is 11.8 Å². The summed E-state index contributed by atoms with van der Waals surface area (Å²) in [7, 11) is 1.61. The predicted molar refractivity (Wildman–Crippen MR) is 104 cm³/mol. The lowest BCUT2D eigenvalue weighted by atomic mass is 9.98. The van der Waals surface area contributed by atoms with Gasteiger partial charge in [-0.05, 0) is 43.9 Å². The highest BCUT2D eigenvalue weighted by Crippen LogP contribution is 2.19. The number of nitriles is 1. The van der Waals surface area contributed by atoms with Crippen LogP contribution >= 0.6 is 0 Å². The lowest BCUT2D eigenvalue weighted by molar-refractivity contribution is -0.149. The van der Waals surface area contributed by atoms with Gasteiger partial charge >= 0.3 is 5.97 Å². The minimum atomic E-state index is -0.408. The van der Waals surface area contributed by atoms with Crippen molar-refractivity contribution in [1.82, 2.24) is 10.2 Å². The van der Waals surface area contributed by atoms with Gasteiger partial charge in [0, 0.05) is 25.8 Å². The monoisotopic (exact) mass is 385 g/mol. The minimum absolute atomic E-state index is 0.0410. The third-order valence-electron chi connectivity index (χ3n) is 4.61. The number of amides is 1. The molecule has 1 aliphatic rings. The quantitative estimate of drug-likeness (QED) is 0.418. The summed E-state index contributed by atoms with van der Waals surface area (Å²) in [4.78, 5) is 26.1. The van der Waals surface area contributed by atoms with Gasteiger partial charge in [0.25, 0.3) is 5.91 Å². The lowest BCUT2D eigenvalue weighted by Crippen LogP contribution is -2.37. The van der Waals surface area contributed by atoms with Gasteiger partial charge in [-0.3, -0.25) is 9.59 Å². The van der Waals surface area contributed by atoms with Gasteiger partial charge in [0.2, 0.25) is 0 Å². The third-order valence-corrected chi connectivity index (χ3v) is 4.61. The van der Waals surface area contributed by atoms with E-state index in [4.69, 9.17) is 9.47 Å². The number of esters is 1. The first kappa shape index (κ1) is 21.3. The number of benzene rings is 1. The first-order valence-corrected chi connectivity index (χ1v) is 9.51. The topological polar surface area (TPSA) is 91.7 Å². The molecule has 1 amide bonds. The Balaban J connectivity index is 1.87. The highest BCUT2D eigenvalue weighted by atomic mass is 16.5. The van der Waals surface area contributed by atoms with Crippen LogP contribution in [0, 0.1) is 17.2 Å². The van der Waals surface area contributed by atoms with Crippen LogP contribution in [0.2, 0.25) is 0 Å². The zero-order chi connectivity index (χ0) is 20.4. The second kappa shape index (κ2) is 11.0. The maximum atomic E-state index is 12.3. The van der Waals surface area contributed by atoms with E-state index in [1.165, 1.54) is 0 Å². The van der Waals surface area contributed by atoms with Crippen LogP contribution in [0.4, 0.5) is 0 Å². The molecule has 0 bridgehead atoms. The van der Waals surface area contributed by atoms with Crippen molar-refractivity contribution < 1.29 is 19.1 Å². The summed E-state index contributed by atoms with van der Waals surface area (Å²) >= 11 is 0. The maximum absolute atomic E-state index is 12.3. The van der Waals surface area contributed by atoms with Crippen LogP contribution in [0.5, 0.6) is 5.75 Å². The molecule has 7 nitrogen and oxygen atoms in total. The van der Waals surface area contributed by atoms with Crippen LogP contribution in [0.1, 0.15) is 25.3 Å². The SMILES string of the molecule is CCOC(=O)C1CCCN(/C=C(/C#N)C(=O)NCCc2ccc(OC)cc2)C1. The average molecular weight is 385 g/mol. The first-order chi connectivity index (χ1) is 13.6. The summed E-state index contributed by atoms with van der Waals surface area (Å²) < 4.78 is 10.2. The Morgan fingerprint density at radius 2 is 2.11 bits per heavy atom. The van der Waals surface area contributed by atoms with Gasteiger partial charge in [-0.15, -0.1) is 0 Å². The summed E-state index contributed by atoms with van der Waals surface area (Å²) in [6.07, 6.45) is 3.79. The van der Waals surface area contributed by atoms with Crippen molar-refractivity contribution in [2.24, 2.45) is 5.92 Å². The maximum Gasteiger partial charge on any atom is 0.310 e. The van der Waals surface area contributed by atoms with Crippen LogP contribution in [0.3, 0.4) is 0 Å². The predicted octanol–water partition coefficient (Wildman–Crippen LogP) is 2.04. The van der Waals surface area contributed by atoms with Gasteiger partial charge in [0.1, 0.15) is 17.4 Å². The summed E-state index contributed by atoms with van der Waals surface area (Å²) in [5, 5.41) is 12.1. The Bertz CT molecular complexity index is 737. The van der Waals surface area contributed by atoms with E-state index < -0.39 is 5.91 Å². The minimum Gasteiger partial charge on any atom is -0.497 e. The van der Waals surface area contributed by atoms with Gasteiger partial charge in [-0.2, -0.15) is 5.26 Å². The molecule has 1 aromatic rings. The molecule has 1 saturated heterocycles.